The standard InChI is InChI=1S/C19H23N3O4/c1-4-25-17-8-6-5-7-16(17)22-11-14(9-18(22)23)19(24)20-10-15-12(2)21-26-13(15)3/h5-8,14H,4,9-11H2,1-3H3,(H,20,24). The molecule has 1 aromatic heterocycles. The van der Waals surface area contributed by atoms with Gasteiger partial charge in [-0.1, -0.05) is 17.3 Å². The minimum absolute atomic E-state index is 0.0744. The van der Waals surface area contributed by atoms with Gasteiger partial charge in [0.2, 0.25) is 11.8 Å². The second-order valence-corrected chi connectivity index (χ2v) is 6.33. The van der Waals surface area contributed by atoms with E-state index in [2.05, 4.69) is 10.5 Å². The molecule has 0 radical (unpaired) electrons. The molecule has 1 aliphatic heterocycles. The van der Waals surface area contributed by atoms with Crippen molar-refractivity contribution in [2.24, 2.45) is 5.92 Å². The van der Waals surface area contributed by atoms with Gasteiger partial charge in [0.25, 0.3) is 0 Å². The third-order valence-electron chi connectivity index (χ3n) is 4.57. The molecule has 1 aromatic carbocycles. The molecule has 7 nitrogen and oxygen atoms in total. The van der Waals surface area contributed by atoms with Gasteiger partial charge in [-0.15, -0.1) is 0 Å². The van der Waals surface area contributed by atoms with Crippen LogP contribution in [0.1, 0.15) is 30.4 Å². The Morgan fingerprint density at radius 3 is 2.85 bits per heavy atom. The molecule has 3 rings (SSSR count). The lowest BCUT2D eigenvalue weighted by Crippen LogP contribution is -2.33. The quantitative estimate of drug-likeness (QED) is 0.858. The van der Waals surface area contributed by atoms with E-state index in [1.54, 1.807) is 4.90 Å². The molecular formula is C19H23N3O4. The summed E-state index contributed by atoms with van der Waals surface area (Å²) in [6, 6.07) is 7.39. The number of hydrogen-bond acceptors (Lipinski definition) is 5. The fourth-order valence-electron chi connectivity index (χ4n) is 3.15. The van der Waals surface area contributed by atoms with Gasteiger partial charge in [0.15, 0.2) is 0 Å². The van der Waals surface area contributed by atoms with E-state index in [4.69, 9.17) is 9.26 Å². The van der Waals surface area contributed by atoms with Crippen molar-refractivity contribution in [1.29, 1.82) is 0 Å². The Kier molecular flexibility index (Phi) is 5.25. The van der Waals surface area contributed by atoms with Crippen LogP contribution in [-0.2, 0) is 16.1 Å². The predicted molar refractivity (Wildman–Crippen MR) is 95.9 cm³/mol. The third kappa shape index (κ3) is 3.56. The van der Waals surface area contributed by atoms with Gasteiger partial charge in [-0.3, -0.25) is 9.59 Å². The zero-order valence-corrected chi connectivity index (χ0v) is 15.2. The molecule has 138 valence electrons. The summed E-state index contributed by atoms with van der Waals surface area (Å²) >= 11 is 0. The molecule has 2 amide bonds. The van der Waals surface area contributed by atoms with E-state index in [9.17, 15) is 9.59 Å². The van der Waals surface area contributed by atoms with Gasteiger partial charge in [-0.25, -0.2) is 0 Å². The molecule has 26 heavy (non-hydrogen) atoms. The van der Waals surface area contributed by atoms with Crippen LogP contribution in [0.3, 0.4) is 0 Å². The predicted octanol–water partition coefficient (Wildman–Crippen LogP) is 2.36. The largest absolute Gasteiger partial charge is 0.492 e. The first-order chi connectivity index (χ1) is 12.5. The average molecular weight is 357 g/mol. The van der Waals surface area contributed by atoms with Crippen LogP contribution in [0.2, 0.25) is 0 Å². The number of aryl methyl sites for hydroxylation is 2. The van der Waals surface area contributed by atoms with Gasteiger partial charge in [0, 0.05) is 25.1 Å². The van der Waals surface area contributed by atoms with Crippen LogP contribution in [0.4, 0.5) is 5.69 Å². The first kappa shape index (κ1) is 18.0. The van der Waals surface area contributed by atoms with E-state index in [-0.39, 0.29) is 18.2 Å². The third-order valence-corrected chi connectivity index (χ3v) is 4.57. The number of anilines is 1. The monoisotopic (exact) mass is 357 g/mol. The van der Waals surface area contributed by atoms with Crippen molar-refractivity contribution in [1.82, 2.24) is 10.5 Å². The number of hydrogen-bond donors (Lipinski definition) is 1. The SMILES string of the molecule is CCOc1ccccc1N1CC(C(=O)NCc2c(C)noc2C)CC1=O. The highest BCUT2D eigenvalue weighted by atomic mass is 16.5. The number of carbonyl (C=O) groups is 2. The molecular weight excluding hydrogens is 334 g/mol. The smallest absolute Gasteiger partial charge is 0.227 e. The van der Waals surface area contributed by atoms with E-state index >= 15 is 0 Å². The maximum atomic E-state index is 12.5. The molecule has 1 aliphatic rings. The van der Waals surface area contributed by atoms with Crippen LogP contribution < -0.4 is 15.0 Å². The number of aromatic nitrogens is 1. The fourth-order valence-corrected chi connectivity index (χ4v) is 3.15. The fraction of sp³-hybridized carbons (Fsp3) is 0.421. The summed E-state index contributed by atoms with van der Waals surface area (Å²) in [5.74, 6) is 0.736. The maximum absolute atomic E-state index is 12.5. The van der Waals surface area contributed by atoms with Crippen molar-refractivity contribution < 1.29 is 18.8 Å². The van der Waals surface area contributed by atoms with E-state index < -0.39 is 5.92 Å². The second kappa shape index (κ2) is 7.59. The van der Waals surface area contributed by atoms with E-state index in [0.717, 1.165) is 11.3 Å². The molecule has 7 heteroatoms. The lowest BCUT2D eigenvalue weighted by molar-refractivity contribution is -0.126. The van der Waals surface area contributed by atoms with E-state index in [1.807, 2.05) is 45.0 Å². The maximum Gasteiger partial charge on any atom is 0.227 e. The first-order valence-electron chi connectivity index (χ1n) is 8.73. The molecule has 2 heterocycles. The Morgan fingerprint density at radius 1 is 1.38 bits per heavy atom. The Labute approximate surface area is 152 Å². The summed E-state index contributed by atoms with van der Waals surface area (Å²) in [5, 5.41) is 6.77. The molecule has 1 saturated heterocycles. The van der Waals surface area contributed by atoms with Crippen LogP contribution in [-0.4, -0.2) is 30.1 Å². The first-order valence-corrected chi connectivity index (χ1v) is 8.73. The Hall–Kier alpha value is -2.83. The molecule has 0 spiro atoms. The van der Waals surface area contributed by atoms with Crippen LogP contribution in [0.5, 0.6) is 5.75 Å². The highest BCUT2D eigenvalue weighted by molar-refractivity contribution is 6.01. The van der Waals surface area contributed by atoms with Crippen molar-refractivity contribution in [3.8, 4) is 5.75 Å². The lowest BCUT2D eigenvalue weighted by atomic mass is 10.1. The van der Waals surface area contributed by atoms with Gasteiger partial charge in [-0.05, 0) is 32.9 Å². The normalized spacial score (nSPS) is 16.8. The summed E-state index contributed by atoms with van der Waals surface area (Å²) in [4.78, 5) is 26.6. The zero-order valence-electron chi connectivity index (χ0n) is 15.2. The van der Waals surface area contributed by atoms with Crippen LogP contribution in [0.25, 0.3) is 0 Å². The number of rotatable bonds is 6. The summed E-state index contributed by atoms with van der Waals surface area (Å²) in [5.41, 5.74) is 2.35. The lowest BCUT2D eigenvalue weighted by Gasteiger charge is -2.20. The van der Waals surface area contributed by atoms with E-state index in [0.29, 0.717) is 36.9 Å². The van der Waals surface area contributed by atoms with Gasteiger partial charge < -0.3 is 19.5 Å². The number of para-hydroxylation sites is 2. The Bertz CT molecular complexity index is 795. The van der Waals surface area contributed by atoms with Crippen molar-refractivity contribution in [3.63, 3.8) is 0 Å². The zero-order chi connectivity index (χ0) is 18.7. The second-order valence-electron chi connectivity index (χ2n) is 6.33. The summed E-state index contributed by atoms with van der Waals surface area (Å²) in [6.07, 6.45) is 0.188. The Balaban J connectivity index is 1.67. The average Bonchev–Trinajstić information content (AvgIpc) is 3.16. The highest BCUT2D eigenvalue weighted by Crippen LogP contribution is 2.33. The van der Waals surface area contributed by atoms with Crippen molar-refractivity contribution in [3.05, 3.63) is 41.3 Å². The molecule has 0 bridgehead atoms. The van der Waals surface area contributed by atoms with Gasteiger partial charge in [-0.2, -0.15) is 0 Å². The molecule has 1 unspecified atom stereocenters. The molecule has 2 aromatic rings. The molecule has 0 aliphatic carbocycles. The van der Waals surface area contributed by atoms with Crippen molar-refractivity contribution in [2.45, 2.75) is 33.7 Å². The van der Waals surface area contributed by atoms with E-state index in [1.165, 1.54) is 0 Å². The topological polar surface area (TPSA) is 84.7 Å². The number of nitrogens with zero attached hydrogens (tertiary/aromatic N) is 2. The number of nitrogens with one attached hydrogen (secondary N) is 1. The molecule has 1 atom stereocenters. The molecule has 1 N–H and O–H groups in total. The highest BCUT2D eigenvalue weighted by Gasteiger charge is 2.36. The van der Waals surface area contributed by atoms with Crippen LogP contribution in [0, 0.1) is 19.8 Å². The summed E-state index contributed by atoms with van der Waals surface area (Å²) in [6.45, 7) is 6.75. The van der Waals surface area contributed by atoms with Gasteiger partial charge in [0.1, 0.15) is 11.5 Å². The minimum atomic E-state index is -0.391. The number of amides is 2. The van der Waals surface area contributed by atoms with Gasteiger partial charge >= 0.3 is 0 Å². The minimum Gasteiger partial charge on any atom is -0.492 e. The molecule has 0 saturated carbocycles. The van der Waals surface area contributed by atoms with Crippen LogP contribution >= 0.6 is 0 Å². The summed E-state index contributed by atoms with van der Waals surface area (Å²) < 4.78 is 10.7. The number of carbonyl (C=O) groups excluding carboxylic acids is 2. The summed E-state index contributed by atoms with van der Waals surface area (Å²) in [7, 11) is 0. The van der Waals surface area contributed by atoms with Crippen LogP contribution in [0.15, 0.2) is 28.8 Å². The molecule has 1 fully saturated rings. The number of ether oxygens (including phenoxy) is 1. The Morgan fingerprint density at radius 2 is 2.15 bits per heavy atom. The number of benzene rings is 1. The van der Waals surface area contributed by atoms with Crippen molar-refractivity contribution >= 4 is 17.5 Å². The van der Waals surface area contributed by atoms with Gasteiger partial charge in [0.05, 0.1) is 23.9 Å². The van der Waals surface area contributed by atoms with Crippen molar-refractivity contribution in [2.75, 3.05) is 18.1 Å².